The van der Waals surface area contributed by atoms with E-state index in [2.05, 4.69) is 0 Å². The number of hydrogen-bond donors (Lipinski definition) is 0. The first-order chi connectivity index (χ1) is 21.8. The van der Waals surface area contributed by atoms with Crippen LogP contribution in [0, 0.1) is 5.82 Å². The maximum absolute atomic E-state index is 14.2. The molecule has 0 radical (unpaired) electrons. The lowest BCUT2D eigenvalue weighted by Gasteiger charge is -2.25. The molecule has 5 aromatic rings. The largest absolute Gasteiger partial charge is 0.488 e. The van der Waals surface area contributed by atoms with E-state index in [1.54, 1.807) is 49.4 Å². The summed E-state index contributed by atoms with van der Waals surface area (Å²) in [7, 11) is 0. The molecule has 1 aromatic heterocycles. The fourth-order valence-corrected chi connectivity index (χ4v) is 6.52. The van der Waals surface area contributed by atoms with Crippen LogP contribution in [0.1, 0.15) is 35.2 Å². The number of nitrogens with zero attached hydrogens (tertiary/aromatic N) is 2. The molecule has 0 bridgehead atoms. The number of carbonyl (C=O) groups excluding carboxylic acids is 1. The van der Waals surface area contributed by atoms with E-state index in [1.165, 1.54) is 28.0 Å². The summed E-state index contributed by atoms with van der Waals surface area (Å²) < 4.78 is 27.5. The van der Waals surface area contributed by atoms with Crippen molar-refractivity contribution in [3.05, 3.63) is 160 Å². The molecule has 0 unspecified atom stereocenters. The third-order valence-corrected chi connectivity index (χ3v) is 8.73. The Bertz CT molecular complexity index is 2110. The van der Waals surface area contributed by atoms with Crippen LogP contribution in [0.3, 0.4) is 0 Å². The first kappa shape index (κ1) is 30.5. The number of halogens is 3. The number of rotatable bonds is 8. The van der Waals surface area contributed by atoms with Crippen LogP contribution < -0.4 is 19.6 Å². The number of ether oxygens (including phenoxy) is 2. The molecule has 0 aliphatic carbocycles. The van der Waals surface area contributed by atoms with Crippen LogP contribution >= 0.6 is 34.5 Å². The van der Waals surface area contributed by atoms with Gasteiger partial charge in [-0.2, -0.15) is 0 Å². The Balaban J connectivity index is 1.51. The third-order valence-electron chi connectivity index (χ3n) is 7.16. The molecule has 226 valence electrons. The molecule has 6 rings (SSSR count). The van der Waals surface area contributed by atoms with Gasteiger partial charge in [0, 0.05) is 26.7 Å². The van der Waals surface area contributed by atoms with E-state index in [-0.39, 0.29) is 24.3 Å². The summed E-state index contributed by atoms with van der Waals surface area (Å²) >= 11 is 13.6. The van der Waals surface area contributed by atoms with E-state index in [9.17, 15) is 14.0 Å². The zero-order valence-electron chi connectivity index (χ0n) is 23.9. The Morgan fingerprint density at radius 1 is 1.00 bits per heavy atom. The minimum atomic E-state index is -0.906. The highest BCUT2D eigenvalue weighted by Gasteiger charge is 2.35. The molecule has 1 aliphatic rings. The van der Waals surface area contributed by atoms with E-state index < -0.39 is 17.8 Å². The van der Waals surface area contributed by atoms with Gasteiger partial charge in [-0.25, -0.2) is 14.2 Å². The normalized spacial score (nSPS) is 14.6. The molecule has 0 amide bonds. The first-order valence-corrected chi connectivity index (χ1v) is 15.6. The van der Waals surface area contributed by atoms with Crippen molar-refractivity contribution in [1.82, 2.24) is 4.57 Å². The molecule has 0 N–H and O–H groups in total. The van der Waals surface area contributed by atoms with Crippen LogP contribution in [0.4, 0.5) is 4.39 Å². The molecule has 6 nitrogen and oxygen atoms in total. The summed E-state index contributed by atoms with van der Waals surface area (Å²) in [5.41, 5.74) is 2.87. The van der Waals surface area contributed by atoms with Crippen LogP contribution in [0.25, 0.3) is 11.8 Å². The van der Waals surface area contributed by atoms with Gasteiger partial charge in [-0.15, -0.1) is 0 Å². The number of hydrogen-bond acceptors (Lipinski definition) is 6. The summed E-state index contributed by atoms with van der Waals surface area (Å²) in [4.78, 5) is 33.0. The van der Waals surface area contributed by atoms with Gasteiger partial charge in [-0.1, -0.05) is 101 Å². The number of esters is 1. The van der Waals surface area contributed by atoms with E-state index >= 15 is 0 Å². The lowest BCUT2D eigenvalue weighted by Crippen LogP contribution is -2.40. The van der Waals surface area contributed by atoms with Crippen molar-refractivity contribution in [1.29, 1.82) is 0 Å². The number of carbonyl (C=O) groups is 1. The standard InChI is InChI=1S/C35H25Cl2FN2O4S/c1-2-43-34(42)30-31(21-8-4-3-5-9-21)39-35-40(32(30)22-13-16-26(38)17-14-22)33(41)29(45-35)18-23-10-6-7-11-28(23)44-20-24-12-15-25(36)19-27(24)37/h3-19,32H,2,20H2,1H3/b29-18+/t32-/m0/s1. The van der Waals surface area contributed by atoms with Crippen molar-refractivity contribution in [2.75, 3.05) is 6.61 Å². The monoisotopic (exact) mass is 658 g/mol. The zero-order chi connectivity index (χ0) is 31.5. The Kier molecular flexibility index (Phi) is 8.98. The van der Waals surface area contributed by atoms with Gasteiger partial charge < -0.3 is 9.47 Å². The summed E-state index contributed by atoms with van der Waals surface area (Å²) in [5, 5.41) is 1.01. The fourth-order valence-electron chi connectivity index (χ4n) is 5.07. The molecular weight excluding hydrogens is 634 g/mol. The molecule has 10 heteroatoms. The third kappa shape index (κ3) is 6.35. The smallest absolute Gasteiger partial charge is 0.338 e. The maximum atomic E-state index is 14.2. The fraction of sp³-hybridized carbons (Fsp3) is 0.114. The average Bonchev–Trinajstić information content (AvgIpc) is 3.35. The highest BCUT2D eigenvalue weighted by atomic mass is 35.5. The maximum Gasteiger partial charge on any atom is 0.338 e. The molecule has 2 heterocycles. The quantitative estimate of drug-likeness (QED) is 0.169. The number of thiazole rings is 1. The number of fused-ring (bicyclic) bond motifs is 1. The lowest BCUT2D eigenvalue weighted by atomic mass is 9.93. The molecule has 1 aliphatic heterocycles. The number of para-hydroxylation sites is 1. The molecule has 0 saturated carbocycles. The first-order valence-electron chi connectivity index (χ1n) is 14.0. The SMILES string of the molecule is CCOC(=O)C1=C(c2ccccc2)N=c2s/c(=C/c3ccccc3OCc3ccc(Cl)cc3Cl)c(=O)n2[C@H]1c1ccc(F)cc1. The van der Waals surface area contributed by atoms with Crippen molar-refractivity contribution in [2.24, 2.45) is 4.99 Å². The van der Waals surface area contributed by atoms with Gasteiger partial charge >= 0.3 is 5.97 Å². The summed E-state index contributed by atoms with van der Waals surface area (Å²) in [6.07, 6.45) is 1.74. The zero-order valence-corrected chi connectivity index (χ0v) is 26.2. The van der Waals surface area contributed by atoms with Crippen LogP contribution in [0.5, 0.6) is 5.75 Å². The van der Waals surface area contributed by atoms with Crippen LogP contribution in [-0.4, -0.2) is 17.1 Å². The molecule has 4 aromatic carbocycles. The van der Waals surface area contributed by atoms with E-state index in [4.69, 9.17) is 37.7 Å². The minimum Gasteiger partial charge on any atom is -0.488 e. The number of aromatic nitrogens is 1. The van der Waals surface area contributed by atoms with Gasteiger partial charge in [0.2, 0.25) is 0 Å². The van der Waals surface area contributed by atoms with Gasteiger partial charge in [0.1, 0.15) is 18.2 Å². The Morgan fingerprint density at radius 3 is 2.47 bits per heavy atom. The van der Waals surface area contributed by atoms with Crippen molar-refractivity contribution < 1.29 is 18.7 Å². The topological polar surface area (TPSA) is 69.9 Å². The molecular formula is C35H25Cl2FN2O4S. The Hall–Kier alpha value is -4.50. The van der Waals surface area contributed by atoms with E-state index in [0.717, 1.165) is 5.56 Å². The van der Waals surface area contributed by atoms with Crippen LogP contribution in [-0.2, 0) is 16.1 Å². The minimum absolute atomic E-state index is 0.128. The molecule has 0 saturated heterocycles. The van der Waals surface area contributed by atoms with Crippen molar-refractivity contribution in [3.63, 3.8) is 0 Å². The van der Waals surface area contributed by atoms with Gasteiger partial charge in [-0.3, -0.25) is 9.36 Å². The van der Waals surface area contributed by atoms with Crippen LogP contribution in [0.15, 0.2) is 112 Å². The predicted molar refractivity (Wildman–Crippen MR) is 175 cm³/mol. The Labute approximate surface area is 271 Å². The van der Waals surface area contributed by atoms with Gasteiger partial charge in [-0.05, 0) is 48.9 Å². The van der Waals surface area contributed by atoms with Gasteiger partial charge in [0.05, 0.1) is 28.5 Å². The highest BCUT2D eigenvalue weighted by Crippen LogP contribution is 2.35. The summed E-state index contributed by atoms with van der Waals surface area (Å²) in [6, 6.07) is 26.6. The van der Waals surface area contributed by atoms with Crippen molar-refractivity contribution in [2.45, 2.75) is 19.6 Å². The molecule has 0 fully saturated rings. The molecule has 1 atom stereocenters. The van der Waals surface area contributed by atoms with Gasteiger partial charge in [0.15, 0.2) is 4.80 Å². The van der Waals surface area contributed by atoms with Crippen molar-refractivity contribution in [3.8, 4) is 5.75 Å². The number of benzene rings is 4. The Morgan fingerprint density at radius 2 is 1.73 bits per heavy atom. The summed E-state index contributed by atoms with van der Waals surface area (Å²) in [5.74, 6) is -0.502. The predicted octanol–water partition coefficient (Wildman–Crippen LogP) is 6.96. The molecule has 0 spiro atoms. The van der Waals surface area contributed by atoms with E-state index in [0.29, 0.717) is 47.5 Å². The average molecular weight is 660 g/mol. The van der Waals surface area contributed by atoms with E-state index in [1.807, 2.05) is 48.5 Å². The lowest BCUT2D eigenvalue weighted by molar-refractivity contribution is -0.138. The van der Waals surface area contributed by atoms with Crippen LogP contribution in [0.2, 0.25) is 10.0 Å². The highest BCUT2D eigenvalue weighted by molar-refractivity contribution is 7.07. The summed E-state index contributed by atoms with van der Waals surface area (Å²) in [6.45, 7) is 2.03. The second-order valence-electron chi connectivity index (χ2n) is 10.0. The second kappa shape index (κ2) is 13.2. The van der Waals surface area contributed by atoms with Gasteiger partial charge in [0.25, 0.3) is 5.56 Å². The molecule has 45 heavy (non-hydrogen) atoms. The second-order valence-corrected chi connectivity index (χ2v) is 11.9. The van der Waals surface area contributed by atoms with Crippen molar-refractivity contribution >= 4 is 52.3 Å².